The second-order valence-corrected chi connectivity index (χ2v) is 5.43. The van der Waals surface area contributed by atoms with E-state index in [1.165, 1.54) is 25.4 Å². The third-order valence-electron chi connectivity index (χ3n) is 4.00. The molecule has 0 aromatic heterocycles. The van der Waals surface area contributed by atoms with Gasteiger partial charge in [-0.15, -0.1) is 12.3 Å². The van der Waals surface area contributed by atoms with Gasteiger partial charge in [0, 0.05) is 6.42 Å². The summed E-state index contributed by atoms with van der Waals surface area (Å²) in [6, 6.07) is 0. The first kappa shape index (κ1) is 17.0. The fourth-order valence-electron chi connectivity index (χ4n) is 2.56. The Labute approximate surface area is 126 Å². The van der Waals surface area contributed by atoms with Crippen molar-refractivity contribution in [1.29, 1.82) is 0 Å². The first-order valence-corrected chi connectivity index (χ1v) is 6.84. The van der Waals surface area contributed by atoms with Gasteiger partial charge in [0.05, 0.1) is 14.2 Å². The molecule has 0 amide bonds. The maximum absolute atomic E-state index is 12.2. The Morgan fingerprint density at radius 3 is 2.24 bits per heavy atom. The minimum atomic E-state index is -1.45. The van der Waals surface area contributed by atoms with Crippen LogP contribution in [-0.4, -0.2) is 26.2 Å². The minimum absolute atomic E-state index is 0.0363. The summed E-state index contributed by atoms with van der Waals surface area (Å²) in [7, 11) is 2.50. The van der Waals surface area contributed by atoms with Crippen LogP contribution < -0.4 is 0 Å². The molecule has 0 bridgehead atoms. The molecule has 1 aliphatic carbocycles. The summed E-state index contributed by atoms with van der Waals surface area (Å²) in [6.07, 6.45) is 9.19. The Morgan fingerprint density at radius 1 is 1.24 bits per heavy atom. The second-order valence-electron chi connectivity index (χ2n) is 5.43. The van der Waals surface area contributed by atoms with Gasteiger partial charge < -0.3 is 9.47 Å². The molecule has 0 aromatic rings. The molecule has 1 rings (SSSR count). The molecule has 1 aliphatic rings. The lowest BCUT2D eigenvalue weighted by Crippen LogP contribution is -2.41. The largest absolute Gasteiger partial charge is 0.468 e. The maximum Gasteiger partial charge on any atom is 0.324 e. The summed E-state index contributed by atoms with van der Waals surface area (Å²) >= 11 is 0. The molecule has 0 aromatic carbocycles. The molecule has 0 spiro atoms. The zero-order valence-corrected chi connectivity index (χ0v) is 13.1. The number of esters is 2. The summed E-state index contributed by atoms with van der Waals surface area (Å²) < 4.78 is 9.61. The van der Waals surface area contributed by atoms with Crippen molar-refractivity contribution in [2.24, 2.45) is 5.41 Å². The van der Waals surface area contributed by atoms with Crippen molar-refractivity contribution in [2.75, 3.05) is 14.2 Å². The molecule has 114 valence electrons. The number of ether oxygens (including phenoxy) is 2. The molecule has 0 saturated carbocycles. The Kier molecular flexibility index (Phi) is 5.78. The van der Waals surface area contributed by atoms with Gasteiger partial charge in [0.1, 0.15) is 0 Å². The third kappa shape index (κ3) is 3.55. The Bertz CT molecular complexity index is 515. The van der Waals surface area contributed by atoms with Crippen molar-refractivity contribution in [1.82, 2.24) is 0 Å². The average Bonchev–Trinajstić information content (AvgIpc) is 2.48. The van der Waals surface area contributed by atoms with E-state index in [0.29, 0.717) is 0 Å². The molecule has 0 saturated heterocycles. The van der Waals surface area contributed by atoms with Crippen LogP contribution in [0.5, 0.6) is 0 Å². The fourth-order valence-corrected chi connectivity index (χ4v) is 2.56. The predicted molar refractivity (Wildman–Crippen MR) is 80.2 cm³/mol. The van der Waals surface area contributed by atoms with E-state index in [1.807, 2.05) is 0 Å². The summed E-state index contributed by atoms with van der Waals surface area (Å²) in [5.74, 6) is 1.12. The molecule has 0 radical (unpaired) electrons. The van der Waals surface area contributed by atoms with E-state index in [4.69, 9.17) is 15.9 Å². The topological polar surface area (TPSA) is 52.6 Å². The second kappa shape index (κ2) is 7.12. The number of carbonyl (C=O) groups is 2. The van der Waals surface area contributed by atoms with Crippen LogP contribution >= 0.6 is 0 Å². The van der Waals surface area contributed by atoms with Crippen molar-refractivity contribution < 1.29 is 19.1 Å². The van der Waals surface area contributed by atoms with Gasteiger partial charge in [-0.05, 0) is 33.1 Å². The quantitative estimate of drug-likeness (QED) is 0.338. The Morgan fingerprint density at radius 2 is 1.81 bits per heavy atom. The monoisotopic (exact) mass is 290 g/mol. The molecule has 0 N–H and O–H groups in total. The molecule has 4 heteroatoms. The van der Waals surface area contributed by atoms with Crippen LogP contribution in [0, 0.1) is 17.8 Å². The summed E-state index contributed by atoms with van der Waals surface area (Å²) in [5.41, 5.74) is 2.15. The molecule has 4 nitrogen and oxygen atoms in total. The number of methoxy groups -OCH3 is 2. The highest BCUT2D eigenvalue weighted by atomic mass is 16.5. The van der Waals surface area contributed by atoms with Gasteiger partial charge in [-0.3, -0.25) is 9.59 Å². The molecule has 0 unspecified atom stereocenters. The van der Waals surface area contributed by atoms with Crippen LogP contribution in [0.2, 0.25) is 0 Å². The number of hydrogen-bond acceptors (Lipinski definition) is 4. The maximum atomic E-state index is 12.2. The Hall–Kier alpha value is -2.02. The van der Waals surface area contributed by atoms with E-state index in [-0.39, 0.29) is 12.8 Å². The number of rotatable bonds is 5. The highest BCUT2D eigenvalue weighted by Gasteiger charge is 2.48. The summed E-state index contributed by atoms with van der Waals surface area (Å²) in [4.78, 5) is 24.4. The van der Waals surface area contributed by atoms with Gasteiger partial charge in [0.15, 0.2) is 5.41 Å². The number of allylic oxidation sites excluding steroid dienone is 4. The molecule has 0 heterocycles. The highest BCUT2D eigenvalue weighted by Crippen LogP contribution is 2.37. The van der Waals surface area contributed by atoms with E-state index in [9.17, 15) is 9.59 Å². The van der Waals surface area contributed by atoms with Gasteiger partial charge in [0.25, 0.3) is 0 Å². The fraction of sp³-hybridized carbons (Fsp3) is 0.529. The van der Waals surface area contributed by atoms with Crippen LogP contribution in [0.1, 0.15) is 39.5 Å². The lowest BCUT2D eigenvalue weighted by Gasteiger charge is -2.29. The van der Waals surface area contributed by atoms with Gasteiger partial charge in [-0.1, -0.05) is 22.8 Å². The van der Waals surface area contributed by atoms with Crippen LogP contribution in [0.3, 0.4) is 0 Å². The smallest absolute Gasteiger partial charge is 0.324 e. The first-order valence-electron chi connectivity index (χ1n) is 6.84. The normalized spacial score (nSPS) is 15.1. The van der Waals surface area contributed by atoms with E-state index < -0.39 is 17.4 Å². The van der Waals surface area contributed by atoms with Crippen molar-refractivity contribution in [3.05, 3.63) is 22.8 Å². The highest BCUT2D eigenvalue weighted by molar-refractivity contribution is 6.00. The lowest BCUT2D eigenvalue weighted by atomic mass is 9.76. The van der Waals surface area contributed by atoms with Crippen molar-refractivity contribution in [3.8, 4) is 12.3 Å². The van der Waals surface area contributed by atoms with Gasteiger partial charge in [-0.25, -0.2) is 0 Å². The summed E-state index contributed by atoms with van der Waals surface area (Å²) in [5, 5.41) is 0. The molecule has 0 atom stereocenters. The molecular formula is C17H22O4. The lowest BCUT2D eigenvalue weighted by molar-refractivity contribution is -0.168. The van der Waals surface area contributed by atoms with Crippen LogP contribution in [0.4, 0.5) is 0 Å². The zero-order valence-electron chi connectivity index (χ0n) is 13.1. The van der Waals surface area contributed by atoms with Gasteiger partial charge in [-0.2, -0.15) is 0 Å². The molecule has 0 aliphatic heterocycles. The van der Waals surface area contributed by atoms with Crippen molar-refractivity contribution in [3.63, 3.8) is 0 Å². The first-order chi connectivity index (χ1) is 9.91. The minimum Gasteiger partial charge on any atom is -0.468 e. The molecular weight excluding hydrogens is 268 g/mol. The van der Waals surface area contributed by atoms with Crippen LogP contribution in [0.25, 0.3) is 0 Å². The van der Waals surface area contributed by atoms with Gasteiger partial charge in [0.2, 0.25) is 0 Å². The van der Waals surface area contributed by atoms with Crippen molar-refractivity contribution in [2.45, 2.75) is 39.5 Å². The zero-order chi connectivity index (χ0) is 16.0. The molecule has 21 heavy (non-hydrogen) atoms. The predicted octanol–water partition coefficient (Wildman–Crippen LogP) is 2.79. The van der Waals surface area contributed by atoms with Gasteiger partial charge >= 0.3 is 11.9 Å². The number of carbonyl (C=O) groups excluding carboxylic acids is 2. The standard InChI is InChI=1S/C17H22O4/c1-6-9-17(15(18)20-4,16(19)21-5)11-14-8-7-12(2)13(3)10-14/h1,8H,7,9-11H2,2-5H3. The number of terminal acetylenes is 1. The average molecular weight is 290 g/mol. The summed E-state index contributed by atoms with van der Waals surface area (Å²) in [6.45, 7) is 4.14. The van der Waals surface area contributed by atoms with E-state index in [0.717, 1.165) is 18.4 Å². The van der Waals surface area contributed by atoms with Crippen molar-refractivity contribution >= 4 is 11.9 Å². The Balaban J connectivity index is 3.11. The number of hydrogen-bond donors (Lipinski definition) is 0. The van der Waals surface area contributed by atoms with E-state index in [2.05, 4.69) is 25.8 Å². The SMILES string of the molecule is C#CCC(CC1=CCC(C)=C(C)C1)(C(=O)OC)C(=O)OC. The molecule has 0 fully saturated rings. The van der Waals surface area contributed by atoms with Crippen LogP contribution in [0.15, 0.2) is 22.8 Å². The van der Waals surface area contributed by atoms with E-state index in [1.54, 1.807) is 0 Å². The van der Waals surface area contributed by atoms with E-state index >= 15 is 0 Å². The van der Waals surface area contributed by atoms with Crippen LogP contribution in [-0.2, 0) is 19.1 Å². The third-order valence-corrected chi connectivity index (χ3v) is 4.00.